The minimum absolute atomic E-state index is 0.0151. The third-order valence-corrected chi connectivity index (χ3v) is 16.6. The van der Waals surface area contributed by atoms with Crippen molar-refractivity contribution in [3.63, 3.8) is 0 Å². The Labute approximate surface area is 415 Å². The lowest BCUT2D eigenvalue weighted by atomic mass is 9.88. The number of benzene rings is 1. The van der Waals surface area contributed by atoms with Crippen LogP contribution in [0.1, 0.15) is 74.1 Å². The number of aliphatic hydroxyl groups excluding tert-OH is 1. The first kappa shape index (κ1) is 48.2. The van der Waals surface area contributed by atoms with Crippen molar-refractivity contribution in [1.82, 2.24) is 40.0 Å². The predicted molar refractivity (Wildman–Crippen MR) is 267 cm³/mol. The minimum atomic E-state index is -3.65. The number of rotatable bonds is 14. The maximum atomic E-state index is 14.5. The van der Waals surface area contributed by atoms with Crippen LogP contribution in [0.5, 0.6) is 5.88 Å². The van der Waals surface area contributed by atoms with E-state index in [1.54, 1.807) is 60.2 Å². The molecular weight excluding hydrogens is 949 g/mol. The molecule has 19 nitrogen and oxygen atoms in total. The van der Waals surface area contributed by atoms with Gasteiger partial charge in [-0.15, -0.1) is 11.3 Å². The molecule has 2 fully saturated rings. The third kappa shape index (κ3) is 8.69. The van der Waals surface area contributed by atoms with E-state index in [0.29, 0.717) is 65.6 Å². The SMILES string of the molecule is Cc1ncsc1-c1ccc([C@@]2(C)N=C([C@H]3C[C@@H](O)CN3C(=O)[C@@H](c3cc(OCCN4CC[C@H](N5CCC6NC=C7C(C(N)=O)=C(CS(C)(=O)=O)c8ccn(C)c(=O)c8C5=C76)C4)no3)C(C)C)NC2=O)cc1. The number of pyridine rings is 1. The second-order valence-electron chi connectivity index (χ2n) is 20.0. The zero-order valence-corrected chi connectivity index (χ0v) is 42.1. The molecule has 1 aliphatic carbocycles. The van der Waals surface area contributed by atoms with Crippen molar-refractivity contribution in [2.24, 2.45) is 23.7 Å². The normalized spacial score (nSPS) is 24.7. The molecule has 6 atom stereocenters. The Kier molecular flexibility index (Phi) is 12.4. The van der Waals surface area contributed by atoms with Gasteiger partial charge in [0.2, 0.25) is 11.8 Å². The molecule has 374 valence electrons. The Hall–Kier alpha value is -6.42. The van der Waals surface area contributed by atoms with Gasteiger partial charge in [-0.25, -0.2) is 18.4 Å². The van der Waals surface area contributed by atoms with E-state index in [4.69, 9.17) is 20.0 Å². The number of primary amides is 1. The molecule has 71 heavy (non-hydrogen) atoms. The third-order valence-electron chi connectivity index (χ3n) is 14.8. The summed E-state index contributed by atoms with van der Waals surface area (Å²) in [5, 5.41) is 21.5. The van der Waals surface area contributed by atoms with Crippen LogP contribution in [0, 0.1) is 12.8 Å². The van der Waals surface area contributed by atoms with Crippen LogP contribution >= 0.6 is 11.3 Å². The lowest BCUT2D eigenvalue weighted by Crippen LogP contribution is -2.48. The standard InChI is InChI=1S/C50H58N10O9S2/c1-26(2)39(48(64)60-23-31(61)19-36(60)46-54-49(65)50(4,55-46)29-9-7-28(8-10-29)44-27(3)53-25-70-44)37-20-38(56-69-37)68-18-17-58-15-11-30(22-58)59-16-13-35-41-33(21-52-35)40(45(51)62)34(24-71(6,66)67)32-12-14-57(5)47(63)42(32)43(41)59/h7-10,12,14,20-21,25-26,30-31,35-36,39,52,61H,11,13,15-19,22-24H2,1-6H3,(H2,51,62)(H,54,55,65)/t30-,31+,35?,36+,39+,50+/m0/s1. The number of aromatic nitrogens is 3. The van der Waals surface area contributed by atoms with Crippen molar-refractivity contribution in [1.29, 1.82) is 0 Å². The molecule has 0 radical (unpaired) electrons. The number of hydrogen-bond donors (Lipinski definition) is 4. The van der Waals surface area contributed by atoms with Crippen molar-refractivity contribution in [3.8, 4) is 16.3 Å². The highest BCUT2D eigenvalue weighted by Crippen LogP contribution is 2.47. The topological polar surface area (TPSA) is 248 Å². The molecule has 6 aliphatic rings. The van der Waals surface area contributed by atoms with E-state index in [1.165, 1.54) is 4.57 Å². The van der Waals surface area contributed by atoms with E-state index < -0.39 is 45.1 Å². The number of aryl methyl sites for hydroxylation is 2. The number of nitrogens with zero attached hydrogens (tertiary/aromatic N) is 7. The van der Waals surface area contributed by atoms with Gasteiger partial charge in [0, 0.05) is 88.1 Å². The monoisotopic (exact) mass is 1010 g/mol. The van der Waals surface area contributed by atoms with Gasteiger partial charge < -0.3 is 45.1 Å². The van der Waals surface area contributed by atoms with Crippen LogP contribution in [0.2, 0.25) is 0 Å². The largest absolute Gasteiger partial charge is 0.474 e. The number of likely N-dealkylation sites (tertiary alicyclic amines) is 2. The Balaban J connectivity index is 0.816. The fourth-order valence-electron chi connectivity index (χ4n) is 11.2. The molecule has 8 heterocycles. The van der Waals surface area contributed by atoms with Gasteiger partial charge in [0.05, 0.1) is 56.9 Å². The molecule has 5 N–H and O–H groups in total. The number of nitrogens with two attached hydrogens (primary N) is 1. The molecule has 4 aromatic rings. The fraction of sp³-hybridized carbons (Fsp3) is 0.460. The summed E-state index contributed by atoms with van der Waals surface area (Å²) in [4.78, 5) is 72.0. The van der Waals surface area contributed by atoms with Crippen molar-refractivity contribution in [2.45, 2.75) is 82.6 Å². The van der Waals surface area contributed by atoms with Gasteiger partial charge in [-0.1, -0.05) is 38.1 Å². The number of aliphatic imine (C=N–C) groups is 1. The first-order valence-electron chi connectivity index (χ1n) is 23.9. The smallest absolute Gasteiger partial charge is 0.260 e. The van der Waals surface area contributed by atoms with Gasteiger partial charge in [-0.05, 0) is 66.1 Å². The minimum Gasteiger partial charge on any atom is -0.474 e. The van der Waals surface area contributed by atoms with Crippen LogP contribution in [0.25, 0.3) is 21.7 Å². The number of thiazole rings is 1. The summed E-state index contributed by atoms with van der Waals surface area (Å²) in [5.41, 5.74) is 12.0. The lowest BCUT2D eigenvalue weighted by Gasteiger charge is -2.40. The van der Waals surface area contributed by atoms with Crippen molar-refractivity contribution >= 4 is 56.0 Å². The summed E-state index contributed by atoms with van der Waals surface area (Å²) in [5.74, 6) is -1.96. The van der Waals surface area contributed by atoms with Crippen LogP contribution < -0.4 is 26.7 Å². The van der Waals surface area contributed by atoms with Gasteiger partial charge >= 0.3 is 0 Å². The zero-order valence-electron chi connectivity index (χ0n) is 40.5. The van der Waals surface area contributed by atoms with Crippen molar-refractivity contribution in [2.75, 3.05) is 51.3 Å². The van der Waals surface area contributed by atoms with E-state index in [1.807, 2.05) is 45.0 Å². The molecule has 0 saturated carbocycles. The van der Waals surface area contributed by atoms with Crippen LogP contribution in [0.3, 0.4) is 0 Å². The van der Waals surface area contributed by atoms with Gasteiger partial charge in [-0.3, -0.25) is 24.1 Å². The van der Waals surface area contributed by atoms with Crippen LogP contribution in [-0.4, -0.2) is 142 Å². The molecule has 1 aromatic carbocycles. The quantitative estimate of drug-likeness (QED) is 0.142. The fourth-order valence-corrected chi connectivity index (χ4v) is 12.9. The number of ether oxygens (including phenoxy) is 1. The number of amides is 3. The Morgan fingerprint density at radius 2 is 1.89 bits per heavy atom. The number of nitrogens with one attached hydrogen (secondary N) is 2. The molecule has 3 amide bonds. The number of amidine groups is 1. The lowest BCUT2D eigenvalue weighted by molar-refractivity contribution is -0.134. The van der Waals surface area contributed by atoms with Crippen molar-refractivity contribution in [3.05, 3.63) is 110 Å². The first-order chi connectivity index (χ1) is 33.8. The molecule has 3 aromatic heterocycles. The molecule has 2 saturated heterocycles. The second-order valence-corrected chi connectivity index (χ2v) is 23.0. The van der Waals surface area contributed by atoms with Gasteiger partial charge in [0.15, 0.2) is 21.1 Å². The summed E-state index contributed by atoms with van der Waals surface area (Å²) >= 11 is 1.55. The number of β-amino-alcohol motifs (C(OH)–C–C–N with tert-alkyl or cyclic N) is 1. The maximum absolute atomic E-state index is 14.5. The van der Waals surface area contributed by atoms with E-state index in [2.05, 4.69) is 30.6 Å². The summed E-state index contributed by atoms with van der Waals surface area (Å²) in [6.07, 6.45) is 5.26. The molecule has 1 unspecified atom stereocenters. The van der Waals surface area contributed by atoms with E-state index >= 15 is 0 Å². The van der Waals surface area contributed by atoms with Crippen LogP contribution in [0.15, 0.2) is 85.3 Å². The Bertz CT molecular complexity index is 3150. The number of carbonyl (C=O) groups excluding carboxylic acids is 3. The second kappa shape index (κ2) is 18.3. The first-order valence-corrected chi connectivity index (χ1v) is 26.9. The van der Waals surface area contributed by atoms with Gasteiger partial charge in [0.1, 0.15) is 18.4 Å². The van der Waals surface area contributed by atoms with Gasteiger partial charge in [-0.2, -0.15) is 0 Å². The molecule has 5 aliphatic heterocycles. The van der Waals surface area contributed by atoms with E-state index in [9.17, 15) is 32.7 Å². The number of aliphatic hydroxyl groups is 1. The number of carbonyl (C=O) groups is 3. The summed E-state index contributed by atoms with van der Waals surface area (Å²) in [6, 6.07) is 10.2. The average molecular weight is 1010 g/mol. The molecule has 10 rings (SSSR count). The van der Waals surface area contributed by atoms with E-state index in [0.717, 1.165) is 40.9 Å². The maximum Gasteiger partial charge on any atom is 0.260 e. The van der Waals surface area contributed by atoms with Gasteiger partial charge in [0.25, 0.3) is 17.3 Å². The molecule has 0 bridgehead atoms. The molecule has 0 spiro atoms. The highest BCUT2D eigenvalue weighted by atomic mass is 32.2. The number of fused-ring (bicyclic) bond motifs is 2. The highest BCUT2D eigenvalue weighted by Gasteiger charge is 2.49. The molecular formula is C50H58N10O9S2. The molecule has 21 heteroatoms. The zero-order chi connectivity index (χ0) is 50.3. The Morgan fingerprint density at radius 3 is 2.59 bits per heavy atom. The van der Waals surface area contributed by atoms with E-state index in [-0.39, 0.29) is 72.0 Å². The summed E-state index contributed by atoms with van der Waals surface area (Å²) in [7, 11) is -2.00. The Morgan fingerprint density at radius 1 is 1.11 bits per heavy atom. The van der Waals surface area contributed by atoms with Crippen LogP contribution in [0.4, 0.5) is 0 Å². The predicted octanol–water partition coefficient (Wildman–Crippen LogP) is 2.67. The summed E-state index contributed by atoms with van der Waals surface area (Å²) < 4.78 is 39.1. The number of sulfone groups is 1. The van der Waals surface area contributed by atoms with Crippen LogP contribution in [-0.2, 0) is 36.8 Å². The van der Waals surface area contributed by atoms with Crippen molar-refractivity contribution < 1.29 is 37.2 Å². The summed E-state index contributed by atoms with van der Waals surface area (Å²) in [6.45, 7) is 10.4. The highest BCUT2D eigenvalue weighted by molar-refractivity contribution is 7.91. The number of hydrogen-bond acceptors (Lipinski definition) is 16. The average Bonchev–Trinajstić information content (AvgIpc) is 4.19.